The Kier molecular flexibility index (Phi) is 8.07. The molecule has 1 aliphatic rings. The van der Waals surface area contributed by atoms with Crippen LogP contribution in [0.15, 0.2) is 42.5 Å². The Hall–Kier alpha value is -2.52. The Bertz CT molecular complexity index is 1180. The summed E-state index contributed by atoms with van der Waals surface area (Å²) in [7, 11) is 3.97. The summed E-state index contributed by atoms with van der Waals surface area (Å²) < 4.78 is 0.903. The van der Waals surface area contributed by atoms with Crippen molar-refractivity contribution in [2.75, 3.05) is 37.0 Å². The second-order valence-corrected chi connectivity index (χ2v) is 9.34. The Morgan fingerprint density at radius 3 is 2.52 bits per heavy atom. The van der Waals surface area contributed by atoms with Gasteiger partial charge in [-0.25, -0.2) is 4.98 Å². The number of nitrogens with zero attached hydrogens (tertiary/aromatic N) is 4. The second kappa shape index (κ2) is 10.6. The molecule has 0 bridgehead atoms. The smallest absolute Gasteiger partial charge is 0.260 e. The molecule has 3 aromatic rings. The maximum Gasteiger partial charge on any atom is 0.260 e. The fourth-order valence-corrected chi connectivity index (χ4v) is 4.90. The predicted octanol–water partition coefficient (Wildman–Crippen LogP) is 4.62. The molecule has 174 valence electrons. The zero-order valence-corrected chi connectivity index (χ0v) is 20.7. The zero-order valence-electron chi connectivity index (χ0n) is 18.3. The van der Waals surface area contributed by atoms with E-state index < -0.39 is 0 Å². The topological polar surface area (TPSA) is 73.8 Å². The van der Waals surface area contributed by atoms with Crippen LogP contribution >= 0.6 is 35.3 Å². The van der Waals surface area contributed by atoms with Crippen LogP contribution in [0.3, 0.4) is 0 Å². The van der Waals surface area contributed by atoms with Gasteiger partial charge in [0.2, 0.25) is 11.8 Å². The number of thiazole rings is 1. The normalized spacial score (nSPS) is 13.6. The van der Waals surface area contributed by atoms with Crippen LogP contribution < -0.4 is 9.80 Å². The van der Waals surface area contributed by atoms with Crippen molar-refractivity contribution >= 4 is 74.1 Å². The second-order valence-electron chi connectivity index (χ2n) is 7.90. The van der Waals surface area contributed by atoms with Gasteiger partial charge in [-0.2, -0.15) is 0 Å². The zero-order chi connectivity index (χ0) is 22.8. The Morgan fingerprint density at radius 2 is 1.82 bits per heavy atom. The lowest BCUT2D eigenvalue weighted by molar-refractivity contribution is -0.121. The number of rotatable bonds is 7. The first kappa shape index (κ1) is 25.1. The molecule has 1 fully saturated rings. The number of carbonyl (C=O) groups excluding carboxylic acids is 3. The number of anilines is 2. The summed E-state index contributed by atoms with van der Waals surface area (Å²) in [6, 6.07) is 12.1. The molecule has 1 aromatic heterocycles. The molecule has 33 heavy (non-hydrogen) atoms. The number of hydrogen-bond acceptors (Lipinski definition) is 6. The lowest BCUT2D eigenvalue weighted by Crippen LogP contribution is -2.34. The van der Waals surface area contributed by atoms with Crippen LogP contribution in [-0.2, 0) is 9.59 Å². The van der Waals surface area contributed by atoms with E-state index in [4.69, 9.17) is 11.6 Å². The van der Waals surface area contributed by atoms with E-state index >= 15 is 0 Å². The summed E-state index contributed by atoms with van der Waals surface area (Å²) in [6.07, 6.45) is 1.15. The SMILES string of the molecule is CN(C)CCCN(C(=O)c1cccc(N2C(=O)CCC2=O)c1)c1nc2ccc(Cl)cc2s1.Cl. The Morgan fingerprint density at radius 1 is 1.09 bits per heavy atom. The van der Waals surface area contributed by atoms with Crippen molar-refractivity contribution in [3.05, 3.63) is 53.1 Å². The summed E-state index contributed by atoms with van der Waals surface area (Å²) in [5, 5.41) is 1.20. The molecular formula is C23H24Cl2N4O3S. The van der Waals surface area contributed by atoms with E-state index in [2.05, 4.69) is 9.88 Å². The summed E-state index contributed by atoms with van der Waals surface area (Å²) in [5.74, 6) is -0.717. The van der Waals surface area contributed by atoms with Crippen LogP contribution in [0.1, 0.15) is 29.6 Å². The van der Waals surface area contributed by atoms with Crippen LogP contribution in [0.4, 0.5) is 10.8 Å². The molecule has 0 spiro atoms. The molecule has 0 radical (unpaired) electrons. The highest BCUT2D eigenvalue weighted by Crippen LogP contribution is 2.32. The third-order valence-electron chi connectivity index (χ3n) is 5.21. The van der Waals surface area contributed by atoms with Gasteiger partial charge in [-0.15, -0.1) is 12.4 Å². The molecule has 1 saturated heterocycles. The number of fused-ring (bicyclic) bond motifs is 1. The monoisotopic (exact) mass is 506 g/mol. The van der Waals surface area contributed by atoms with Gasteiger partial charge in [0.15, 0.2) is 5.13 Å². The fourth-order valence-electron chi connectivity index (χ4n) is 3.63. The maximum absolute atomic E-state index is 13.6. The lowest BCUT2D eigenvalue weighted by atomic mass is 10.1. The molecule has 0 saturated carbocycles. The number of amides is 3. The highest BCUT2D eigenvalue weighted by Gasteiger charge is 2.31. The van der Waals surface area contributed by atoms with E-state index in [0.717, 1.165) is 28.1 Å². The predicted molar refractivity (Wildman–Crippen MR) is 135 cm³/mol. The molecule has 0 aliphatic carbocycles. The van der Waals surface area contributed by atoms with Gasteiger partial charge < -0.3 is 4.90 Å². The highest BCUT2D eigenvalue weighted by atomic mass is 35.5. The first-order valence-corrected chi connectivity index (χ1v) is 11.5. The van der Waals surface area contributed by atoms with Crippen molar-refractivity contribution in [1.82, 2.24) is 9.88 Å². The Labute approximate surface area is 207 Å². The van der Waals surface area contributed by atoms with Gasteiger partial charge in [0, 0.05) is 30.0 Å². The van der Waals surface area contributed by atoms with Gasteiger partial charge in [-0.3, -0.25) is 24.2 Å². The van der Waals surface area contributed by atoms with Crippen molar-refractivity contribution in [2.24, 2.45) is 0 Å². The molecule has 4 rings (SSSR count). The van der Waals surface area contributed by atoms with Gasteiger partial charge in [0.05, 0.1) is 15.9 Å². The molecule has 10 heteroatoms. The molecule has 7 nitrogen and oxygen atoms in total. The van der Waals surface area contributed by atoms with E-state index in [9.17, 15) is 14.4 Å². The molecular weight excluding hydrogens is 483 g/mol. The van der Waals surface area contributed by atoms with Gasteiger partial charge in [0.25, 0.3) is 5.91 Å². The Balaban J connectivity index is 0.00000306. The standard InChI is InChI=1S/C23H23ClN4O3S.ClH/c1-26(2)11-4-12-27(23-25-18-8-7-16(24)14-19(18)32-23)22(31)15-5-3-6-17(13-15)28-20(29)9-10-21(28)30;/h3,5-8,13-14H,4,9-12H2,1-2H3;1H. The summed E-state index contributed by atoms with van der Waals surface area (Å²) >= 11 is 7.53. The van der Waals surface area contributed by atoms with Crippen molar-refractivity contribution in [2.45, 2.75) is 19.3 Å². The largest absolute Gasteiger partial charge is 0.309 e. The van der Waals surface area contributed by atoms with E-state index in [1.165, 1.54) is 11.3 Å². The molecule has 3 amide bonds. The van der Waals surface area contributed by atoms with E-state index in [-0.39, 0.29) is 43.0 Å². The van der Waals surface area contributed by atoms with E-state index in [0.29, 0.717) is 27.9 Å². The third kappa shape index (κ3) is 5.52. The van der Waals surface area contributed by atoms with Gasteiger partial charge in [0.1, 0.15) is 0 Å². The maximum atomic E-state index is 13.6. The van der Waals surface area contributed by atoms with Crippen molar-refractivity contribution in [3.63, 3.8) is 0 Å². The minimum atomic E-state index is -0.245. The van der Waals surface area contributed by atoms with Crippen LogP contribution in [0, 0.1) is 0 Å². The number of aromatic nitrogens is 1. The minimum absolute atomic E-state index is 0. The molecule has 0 unspecified atom stereocenters. The lowest BCUT2D eigenvalue weighted by Gasteiger charge is -2.22. The summed E-state index contributed by atoms with van der Waals surface area (Å²) in [6.45, 7) is 1.30. The average Bonchev–Trinajstić information content (AvgIpc) is 3.32. The van der Waals surface area contributed by atoms with Crippen LogP contribution in [-0.4, -0.2) is 54.8 Å². The molecule has 1 aliphatic heterocycles. The van der Waals surface area contributed by atoms with E-state index in [1.54, 1.807) is 35.2 Å². The molecule has 0 N–H and O–H groups in total. The third-order valence-corrected chi connectivity index (χ3v) is 6.48. The molecule has 2 aromatic carbocycles. The van der Waals surface area contributed by atoms with Crippen LogP contribution in [0.5, 0.6) is 0 Å². The number of halogens is 2. The van der Waals surface area contributed by atoms with Gasteiger partial charge >= 0.3 is 0 Å². The van der Waals surface area contributed by atoms with Crippen molar-refractivity contribution < 1.29 is 14.4 Å². The summed E-state index contributed by atoms with van der Waals surface area (Å²) in [4.78, 5) is 47.4. The number of benzene rings is 2. The van der Waals surface area contributed by atoms with E-state index in [1.807, 2.05) is 26.2 Å². The van der Waals surface area contributed by atoms with Gasteiger partial charge in [-0.1, -0.05) is 29.0 Å². The first-order valence-electron chi connectivity index (χ1n) is 10.3. The number of carbonyl (C=O) groups is 3. The fraction of sp³-hybridized carbons (Fsp3) is 0.304. The summed E-state index contributed by atoms with van der Waals surface area (Å²) in [5.41, 5.74) is 1.60. The first-order chi connectivity index (χ1) is 15.3. The van der Waals surface area contributed by atoms with Gasteiger partial charge in [-0.05, 0) is 63.5 Å². The van der Waals surface area contributed by atoms with Crippen LogP contribution in [0.2, 0.25) is 5.02 Å². The number of hydrogen-bond donors (Lipinski definition) is 0. The molecule has 0 atom stereocenters. The average molecular weight is 507 g/mol. The number of imide groups is 1. The van der Waals surface area contributed by atoms with Crippen LogP contribution in [0.25, 0.3) is 10.2 Å². The quantitative estimate of drug-likeness (QED) is 0.437. The van der Waals surface area contributed by atoms with Crippen molar-refractivity contribution in [3.8, 4) is 0 Å². The minimum Gasteiger partial charge on any atom is -0.309 e. The highest BCUT2D eigenvalue weighted by molar-refractivity contribution is 7.22. The molecule has 2 heterocycles. The van der Waals surface area contributed by atoms with Crippen molar-refractivity contribution in [1.29, 1.82) is 0 Å².